The summed E-state index contributed by atoms with van der Waals surface area (Å²) in [6.07, 6.45) is 1.04. The van der Waals surface area contributed by atoms with Gasteiger partial charge in [0.15, 0.2) is 0 Å². The minimum atomic E-state index is -3.76. The third-order valence-corrected chi connectivity index (χ3v) is 6.23. The monoisotopic (exact) mass is 479 g/mol. The van der Waals surface area contributed by atoms with E-state index in [-0.39, 0.29) is 18.4 Å². The van der Waals surface area contributed by atoms with E-state index in [9.17, 15) is 18.0 Å². The van der Waals surface area contributed by atoms with E-state index in [1.807, 2.05) is 44.2 Å². The fraction of sp³-hybridized carbons (Fsp3) is 0.391. The third-order valence-electron chi connectivity index (χ3n) is 4.84. The second kappa shape index (κ2) is 11.3. The molecule has 1 N–H and O–H groups in total. The molecule has 0 bridgehead atoms. The molecule has 2 aromatic rings. The maximum Gasteiger partial charge on any atom is 0.244 e. The topological polar surface area (TPSA) is 86.8 Å². The van der Waals surface area contributed by atoms with Gasteiger partial charge in [-0.05, 0) is 42.7 Å². The van der Waals surface area contributed by atoms with Crippen molar-refractivity contribution < 1.29 is 18.0 Å². The van der Waals surface area contributed by atoms with Crippen molar-refractivity contribution in [3.63, 3.8) is 0 Å². The number of hydrogen-bond donors (Lipinski definition) is 1. The molecule has 174 valence electrons. The van der Waals surface area contributed by atoms with Crippen LogP contribution in [-0.4, -0.2) is 50.5 Å². The lowest BCUT2D eigenvalue weighted by molar-refractivity contribution is -0.139. The van der Waals surface area contributed by atoms with Crippen molar-refractivity contribution in [1.82, 2.24) is 10.2 Å². The summed E-state index contributed by atoms with van der Waals surface area (Å²) >= 11 is 5.92. The zero-order chi connectivity index (χ0) is 23.9. The van der Waals surface area contributed by atoms with Crippen LogP contribution in [0.4, 0.5) is 5.69 Å². The van der Waals surface area contributed by atoms with Gasteiger partial charge in [0.2, 0.25) is 21.8 Å². The molecule has 0 fully saturated rings. The van der Waals surface area contributed by atoms with Crippen molar-refractivity contribution >= 4 is 39.1 Å². The molecular weight excluding hydrogens is 450 g/mol. The molecule has 0 saturated heterocycles. The molecule has 2 aromatic carbocycles. The number of nitrogens with one attached hydrogen (secondary N) is 1. The van der Waals surface area contributed by atoms with Crippen LogP contribution >= 0.6 is 11.6 Å². The highest BCUT2D eigenvalue weighted by atomic mass is 35.5. The first kappa shape index (κ1) is 25.7. The number of carbonyl (C=O) groups excluding carboxylic acids is 2. The summed E-state index contributed by atoms with van der Waals surface area (Å²) in [7, 11) is -3.76. The molecule has 2 rings (SSSR count). The number of halogens is 1. The van der Waals surface area contributed by atoms with Crippen molar-refractivity contribution in [1.29, 1.82) is 0 Å². The predicted octanol–water partition coefficient (Wildman–Crippen LogP) is 3.30. The molecule has 0 aliphatic heterocycles. The Bertz CT molecular complexity index is 1010. The Morgan fingerprint density at radius 3 is 2.12 bits per heavy atom. The number of nitrogens with zero attached hydrogens (tertiary/aromatic N) is 2. The lowest BCUT2D eigenvalue weighted by Gasteiger charge is -2.31. The molecule has 1 atom stereocenters. The van der Waals surface area contributed by atoms with Gasteiger partial charge in [-0.1, -0.05) is 55.8 Å². The largest absolute Gasteiger partial charge is 0.354 e. The van der Waals surface area contributed by atoms with Crippen molar-refractivity contribution in [2.45, 2.75) is 33.4 Å². The van der Waals surface area contributed by atoms with Gasteiger partial charge in [0.1, 0.15) is 12.6 Å². The zero-order valence-electron chi connectivity index (χ0n) is 18.8. The second-order valence-electron chi connectivity index (χ2n) is 8.07. The maximum atomic E-state index is 13.3. The average Bonchev–Trinajstić information content (AvgIpc) is 2.74. The van der Waals surface area contributed by atoms with Gasteiger partial charge in [0.25, 0.3) is 0 Å². The highest BCUT2D eigenvalue weighted by Crippen LogP contribution is 2.21. The van der Waals surface area contributed by atoms with E-state index >= 15 is 0 Å². The van der Waals surface area contributed by atoms with Crippen LogP contribution in [0.2, 0.25) is 5.02 Å². The number of carbonyl (C=O) groups is 2. The molecule has 0 aliphatic carbocycles. The Hall–Kier alpha value is -2.58. The lowest BCUT2D eigenvalue weighted by atomic mass is 10.1. The van der Waals surface area contributed by atoms with E-state index in [0.29, 0.717) is 17.3 Å². The van der Waals surface area contributed by atoms with Gasteiger partial charge in [-0.15, -0.1) is 0 Å². The summed E-state index contributed by atoms with van der Waals surface area (Å²) in [5, 5.41) is 3.30. The fourth-order valence-corrected chi connectivity index (χ4v) is 4.01. The van der Waals surface area contributed by atoms with E-state index < -0.39 is 28.5 Å². The summed E-state index contributed by atoms with van der Waals surface area (Å²) in [5.41, 5.74) is 1.16. The molecule has 0 aromatic heterocycles. The molecule has 0 spiro atoms. The third kappa shape index (κ3) is 7.53. The Morgan fingerprint density at radius 2 is 1.59 bits per heavy atom. The molecule has 0 heterocycles. The van der Waals surface area contributed by atoms with Crippen LogP contribution in [0.1, 0.15) is 26.3 Å². The second-order valence-corrected chi connectivity index (χ2v) is 10.4. The molecule has 32 heavy (non-hydrogen) atoms. The van der Waals surface area contributed by atoms with E-state index in [4.69, 9.17) is 11.6 Å². The number of hydrogen-bond acceptors (Lipinski definition) is 4. The van der Waals surface area contributed by atoms with Gasteiger partial charge in [-0.2, -0.15) is 0 Å². The van der Waals surface area contributed by atoms with Crippen LogP contribution in [-0.2, 0) is 26.2 Å². The summed E-state index contributed by atoms with van der Waals surface area (Å²) < 4.78 is 25.9. The molecule has 9 heteroatoms. The van der Waals surface area contributed by atoms with Crippen molar-refractivity contribution in [3.05, 3.63) is 65.2 Å². The first-order valence-electron chi connectivity index (χ1n) is 10.3. The Balaban J connectivity index is 2.32. The van der Waals surface area contributed by atoms with Crippen molar-refractivity contribution in [2.24, 2.45) is 5.92 Å². The molecule has 0 radical (unpaired) electrons. The molecule has 2 amide bonds. The van der Waals surface area contributed by atoms with Gasteiger partial charge >= 0.3 is 0 Å². The van der Waals surface area contributed by atoms with Gasteiger partial charge in [-0.25, -0.2) is 8.42 Å². The molecule has 7 nitrogen and oxygen atoms in total. The Kier molecular flexibility index (Phi) is 9.09. The van der Waals surface area contributed by atoms with Crippen LogP contribution < -0.4 is 9.62 Å². The number of sulfonamides is 1. The van der Waals surface area contributed by atoms with Crippen LogP contribution in [0.5, 0.6) is 0 Å². The highest BCUT2D eigenvalue weighted by Gasteiger charge is 2.30. The van der Waals surface area contributed by atoms with Gasteiger partial charge in [0, 0.05) is 18.1 Å². The van der Waals surface area contributed by atoms with E-state index in [1.54, 1.807) is 19.1 Å². The van der Waals surface area contributed by atoms with Crippen LogP contribution in [0.25, 0.3) is 0 Å². The SMILES string of the molecule is CC(C)CNC(=O)C(C)N(Cc1ccccc1)C(=O)CN(c1ccc(Cl)cc1)S(C)(=O)=O. The van der Waals surface area contributed by atoms with Crippen LogP contribution in [0.15, 0.2) is 54.6 Å². The molecule has 1 unspecified atom stereocenters. The van der Waals surface area contributed by atoms with Gasteiger partial charge in [0.05, 0.1) is 11.9 Å². The summed E-state index contributed by atoms with van der Waals surface area (Å²) in [6, 6.07) is 14.7. The van der Waals surface area contributed by atoms with Gasteiger partial charge < -0.3 is 10.2 Å². The minimum Gasteiger partial charge on any atom is -0.354 e. The summed E-state index contributed by atoms with van der Waals surface area (Å²) in [6.45, 7) is 5.82. The van der Waals surface area contributed by atoms with Gasteiger partial charge in [-0.3, -0.25) is 13.9 Å². The number of benzene rings is 2. The molecule has 0 saturated carbocycles. The Labute approximate surface area is 195 Å². The van der Waals surface area contributed by atoms with Crippen molar-refractivity contribution in [2.75, 3.05) is 23.7 Å². The van der Waals surface area contributed by atoms with E-state index in [0.717, 1.165) is 16.1 Å². The molecule has 0 aliphatic rings. The maximum absolute atomic E-state index is 13.3. The van der Waals surface area contributed by atoms with Crippen LogP contribution in [0, 0.1) is 5.92 Å². The first-order chi connectivity index (χ1) is 15.0. The quantitative estimate of drug-likeness (QED) is 0.566. The highest BCUT2D eigenvalue weighted by molar-refractivity contribution is 7.92. The molecular formula is C23H30ClN3O4S. The number of amides is 2. The normalized spacial score (nSPS) is 12.3. The summed E-state index contributed by atoms with van der Waals surface area (Å²) in [4.78, 5) is 27.5. The Morgan fingerprint density at radius 1 is 1.00 bits per heavy atom. The predicted molar refractivity (Wildman–Crippen MR) is 128 cm³/mol. The zero-order valence-corrected chi connectivity index (χ0v) is 20.4. The lowest BCUT2D eigenvalue weighted by Crippen LogP contribution is -2.51. The van der Waals surface area contributed by atoms with E-state index in [2.05, 4.69) is 5.32 Å². The van der Waals surface area contributed by atoms with Crippen LogP contribution in [0.3, 0.4) is 0 Å². The first-order valence-corrected chi connectivity index (χ1v) is 12.6. The van der Waals surface area contributed by atoms with E-state index in [1.165, 1.54) is 17.0 Å². The minimum absolute atomic E-state index is 0.175. The number of rotatable bonds is 10. The summed E-state index contributed by atoms with van der Waals surface area (Å²) in [5.74, 6) is -0.517. The fourth-order valence-electron chi connectivity index (χ4n) is 3.04. The standard InChI is InChI=1S/C23H30ClN3O4S/c1-17(2)14-25-23(29)18(3)26(15-19-8-6-5-7-9-19)22(28)16-27(32(4,30)31)21-12-10-20(24)11-13-21/h5-13,17-18H,14-16H2,1-4H3,(H,25,29). The number of anilines is 1. The smallest absolute Gasteiger partial charge is 0.244 e. The average molecular weight is 480 g/mol. The van der Waals surface area contributed by atoms with Crippen molar-refractivity contribution in [3.8, 4) is 0 Å².